The van der Waals surface area contributed by atoms with Gasteiger partial charge in [-0.05, 0) is 31.9 Å². The van der Waals surface area contributed by atoms with Crippen LogP contribution in [0.15, 0.2) is 24.3 Å². The predicted octanol–water partition coefficient (Wildman–Crippen LogP) is 2.80. The molecule has 0 bridgehead atoms. The Morgan fingerprint density at radius 2 is 2.00 bits per heavy atom. The minimum absolute atomic E-state index is 0.0444. The third-order valence-electron chi connectivity index (χ3n) is 3.93. The standard InChI is InChI=1S/C16H18F3NO4/c1-10(14(21)20-8-4-5-11(9-20)15(22)23)24-13-7-3-2-6-12(13)16(17,18)19/h2-3,6-7,10-11H,4-5,8-9H2,1H3,(H,22,23). The molecule has 1 aromatic carbocycles. The molecule has 0 saturated carbocycles. The molecule has 0 aromatic heterocycles. The molecule has 1 aliphatic heterocycles. The molecule has 5 nitrogen and oxygen atoms in total. The Balaban J connectivity index is 2.09. The Morgan fingerprint density at radius 3 is 2.62 bits per heavy atom. The topological polar surface area (TPSA) is 66.8 Å². The predicted molar refractivity (Wildman–Crippen MR) is 78.5 cm³/mol. The summed E-state index contributed by atoms with van der Waals surface area (Å²) in [6, 6.07) is 4.67. The Morgan fingerprint density at radius 1 is 1.33 bits per heavy atom. The number of alkyl halides is 3. The van der Waals surface area contributed by atoms with E-state index in [0.717, 1.165) is 12.1 Å². The Kier molecular flexibility index (Phi) is 5.36. The summed E-state index contributed by atoms with van der Waals surface area (Å²) in [5.41, 5.74) is -0.952. The molecule has 24 heavy (non-hydrogen) atoms. The van der Waals surface area contributed by atoms with Gasteiger partial charge in [0.15, 0.2) is 6.10 Å². The van der Waals surface area contributed by atoms with E-state index < -0.39 is 41.4 Å². The lowest BCUT2D eigenvalue weighted by molar-refractivity contribution is -0.149. The SMILES string of the molecule is CC(Oc1ccccc1C(F)(F)F)C(=O)N1CCCC(C(=O)O)C1. The highest BCUT2D eigenvalue weighted by Gasteiger charge is 2.36. The van der Waals surface area contributed by atoms with Crippen molar-refractivity contribution in [3.63, 3.8) is 0 Å². The largest absolute Gasteiger partial charge is 0.481 e. The lowest BCUT2D eigenvalue weighted by Gasteiger charge is -2.32. The second kappa shape index (κ2) is 7.11. The normalized spacial score (nSPS) is 19.7. The monoisotopic (exact) mass is 345 g/mol. The van der Waals surface area contributed by atoms with Gasteiger partial charge in [0.2, 0.25) is 0 Å². The van der Waals surface area contributed by atoms with Crippen LogP contribution < -0.4 is 4.74 Å². The van der Waals surface area contributed by atoms with E-state index >= 15 is 0 Å². The van der Waals surface area contributed by atoms with Crippen molar-refractivity contribution in [2.24, 2.45) is 5.92 Å². The molecular weight excluding hydrogens is 327 g/mol. The number of halogens is 3. The van der Waals surface area contributed by atoms with E-state index in [1.807, 2.05) is 0 Å². The van der Waals surface area contributed by atoms with Crippen LogP contribution in [0.4, 0.5) is 13.2 Å². The number of rotatable bonds is 4. The van der Waals surface area contributed by atoms with E-state index in [0.29, 0.717) is 19.4 Å². The van der Waals surface area contributed by atoms with Crippen molar-refractivity contribution < 1.29 is 32.6 Å². The summed E-state index contributed by atoms with van der Waals surface area (Å²) >= 11 is 0. The number of hydrogen-bond acceptors (Lipinski definition) is 3. The van der Waals surface area contributed by atoms with E-state index in [2.05, 4.69) is 0 Å². The van der Waals surface area contributed by atoms with Crippen LogP contribution in [0, 0.1) is 5.92 Å². The first-order chi connectivity index (χ1) is 11.2. The molecule has 2 rings (SSSR count). The van der Waals surface area contributed by atoms with Gasteiger partial charge in [0.1, 0.15) is 5.75 Å². The van der Waals surface area contributed by atoms with Gasteiger partial charge in [0, 0.05) is 13.1 Å². The number of benzene rings is 1. The third-order valence-corrected chi connectivity index (χ3v) is 3.93. The summed E-state index contributed by atoms with van der Waals surface area (Å²) in [4.78, 5) is 24.7. The molecule has 0 radical (unpaired) electrons. The summed E-state index contributed by atoms with van der Waals surface area (Å²) in [5, 5.41) is 9.04. The summed E-state index contributed by atoms with van der Waals surface area (Å²) in [5.74, 6) is -2.57. The van der Waals surface area contributed by atoms with Gasteiger partial charge in [-0.15, -0.1) is 0 Å². The number of carboxylic acid groups (broad SMARTS) is 1. The maximum Gasteiger partial charge on any atom is 0.419 e. The molecule has 1 heterocycles. The van der Waals surface area contributed by atoms with Crippen molar-refractivity contribution >= 4 is 11.9 Å². The number of para-hydroxylation sites is 1. The number of carbonyl (C=O) groups is 2. The molecule has 8 heteroatoms. The first-order valence-corrected chi connectivity index (χ1v) is 7.54. The van der Waals surface area contributed by atoms with E-state index in [4.69, 9.17) is 9.84 Å². The van der Waals surface area contributed by atoms with Gasteiger partial charge in [-0.25, -0.2) is 0 Å². The summed E-state index contributed by atoms with van der Waals surface area (Å²) < 4.78 is 44.1. The van der Waals surface area contributed by atoms with Crippen LogP contribution in [0.1, 0.15) is 25.3 Å². The van der Waals surface area contributed by atoms with Crippen LogP contribution in [-0.4, -0.2) is 41.1 Å². The highest BCUT2D eigenvalue weighted by molar-refractivity contribution is 5.82. The zero-order valence-electron chi connectivity index (χ0n) is 13.0. The van der Waals surface area contributed by atoms with Crippen molar-refractivity contribution in [3.8, 4) is 5.75 Å². The summed E-state index contributed by atoms with van der Waals surface area (Å²) in [7, 11) is 0. The number of carbonyl (C=O) groups excluding carboxylic acids is 1. The van der Waals surface area contributed by atoms with E-state index in [1.54, 1.807) is 0 Å². The number of amides is 1. The van der Waals surface area contributed by atoms with Crippen LogP contribution >= 0.6 is 0 Å². The second-order valence-corrected chi connectivity index (χ2v) is 5.72. The first-order valence-electron chi connectivity index (χ1n) is 7.54. The van der Waals surface area contributed by atoms with Crippen LogP contribution in [0.2, 0.25) is 0 Å². The Labute approximate surface area is 137 Å². The second-order valence-electron chi connectivity index (χ2n) is 5.72. The van der Waals surface area contributed by atoms with Crippen molar-refractivity contribution in [2.45, 2.75) is 32.0 Å². The number of carboxylic acids is 1. The number of nitrogens with zero attached hydrogens (tertiary/aromatic N) is 1. The van der Waals surface area contributed by atoms with Gasteiger partial charge < -0.3 is 14.7 Å². The molecule has 1 aliphatic rings. The molecular formula is C16H18F3NO4. The number of aliphatic carboxylic acids is 1. The molecule has 1 saturated heterocycles. The number of likely N-dealkylation sites (tertiary alicyclic amines) is 1. The quantitative estimate of drug-likeness (QED) is 0.911. The van der Waals surface area contributed by atoms with Crippen molar-refractivity contribution in [2.75, 3.05) is 13.1 Å². The Hall–Kier alpha value is -2.25. The smallest absolute Gasteiger partial charge is 0.419 e. The summed E-state index contributed by atoms with van der Waals surface area (Å²) in [6.07, 6.45) is -4.71. The molecule has 132 valence electrons. The molecule has 2 atom stereocenters. The van der Waals surface area contributed by atoms with Crippen LogP contribution in [0.25, 0.3) is 0 Å². The molecule has 1 aromatic rings. The van der Waals surface area contributed by atoms with Crippen LogP contribution in [-0.2, 0) is 15.8 Å². The number of hydrogen-bond donors (Lipinski definition) is 1. The van der Waals surface area contributed by atoms with Gasteiger partial charge in [0.05, 0.1) is 11.5 Å². The Bertz CT molecular complexity index is 618. The number of piperidine rings is 1. The highest BCUT2D eigenvalue weighted by Crippen LogP contribution is 2.36. The maximum atomic E-state index is 13.0. The van der Waals surface area contributed by atoms with Gasteiger partial charge in [-0.1, -0.05) is 12.1 Å². The van der Waals surface area contributed by atoms with E-state index in [1.165, 1.54) is 24.0 Å². The zero-order chi connectivity index (χ0) is 17.9. The van der Waals surface area contributed by atoms with E-state index in [9.17, 15) is 22.8 Å². The van der Waals surface area contributed by atoms with E-state index in [-0.39, 0.29) is 6.54 Å². The maximum absolute atomic E-state index is 13.0. The molecule has 1 fully saturated rings. The lowest BCUT2D eigenvalue weighted by atomic mass is 9.98. The average molecular weight is 345 g/mol. The summed E-state index contributed by atoms with van der Waals surface area (Å²) in [6.45, 7) is 1.78. The highest BCUT2D eigenvalue weighted by atomic mass is 19.4. The van der Waals surface area contributed by atoms with Crippen LogP contribution in [0.5, 0.6) is 5.75 Å². The van der Waals surface area contributed by atoms with Gasteiger partial charge in [0.25, 0.3) is 5.91 Å². The van der Waals surface area contributed by atoms with Gasteiger partial charge in [-0.2, -0.15) is 13.2 Å². The average Bonchev–Trinajstić information content (AvgIpc) is 2.53. The van der Waals surface area contributed by atoms with Crippen molar-refractivity contribution in [1.29, 1.82) is 0 Å². The fraction of sp³-hybridized carbons (Fsp3) is 0.500. The van der Waals surface area contributed by atoms with Crippen molar-refractivity contribution in [1.82, 2.24) is 4.90 Å². The van der Waals surface area contributed by atoms with Gasteiger partial charge >= 0.3 is 12.1 Å². The minimum Gasteiger partial charge on any atom is -0.481 e. The number of ether oxygens (including phenoxy) is 1. The molecule has 1 N–H and O–H groups in total. The van der Waals surface area contributed by atoms with Gasteiger partial charge in [-0.3, -0.25) is 9.59 Å². The fourth-order valence-electron chi connectivity index (χ4n) is 2.68. The fourth-order valence-corrected chi connectivity index (χ4v) is 2.68. The molecule has 0 spiro atoms. The minimum atomic E-state index is -4.58. The first kappa shape index (κ1) is 18.1. The zero-order valence-corrected chi connectivity index (χ0v) is 13.0. The molecule has 1 amide bonds. The lowest BCUT2D eigenvalue weighted by Crippen LogP contribution is -2.47. The van der Waals surface area contributed by atoms with Crippen LogP contribution in [0.3, 0.4) is 0 Å². The molecule has 2 unspecified atom stereocenters. The molecule has 0 aliphatic carbocycles. The van der Waals surface area contributed by atoms with Crippen molar-refractivity contribution in [3.05, 3.63) is 29.8 Å². The third kappa shape index (κ3) is 4.18.